The van der Waals surface area contributed by atoms with Crippen LogP contribution in [0.4, 0.5) is 5.69 Å². The van der Waals surface area contributed by atoms with Gasteiger partial charge in [-0.25, -0.2) is 0 Å². The average molecular weight is 209 g/mol. The third-order valence-corrected chi connectivity index (χ3v) is 3.42. The van der Waals surface area contributed by atoms with Gasteiger partial charge in [-0.3, -0.25) is 5.10 Å². The summed E-state index contributed by atoms with van der Waals surface area (Å²) in [5.41, 5.74) is 1.10. The van der Waals surface area contributed by atoms with Gasteiger partial charge in [0.2, 0.25) is 0 Å². The van der Waals surface area contributed by atoms with Crippen LogP contribution in [0.5, 0.6) is 0 Å². The largest absolute Gasteiger partial charge is 0.396 e. The van der Waals surface area contributed by atoms with E-state index in [1.54, 1.807) is 6.20 Å². The molecular weight excluding hydrogens is 190 g/mol. The maximum Gasteiger partial charge on any atom is 0.0723 e. The van der Waals surface area contributed by atoms with Crippen molar-refractivity contribution in [2.75, 3.05) is 18.5 Å². The third kappa shape index (κ3) is 2.50. The summed E-state index contributed by atoms with van der Waals surface area (Å²) in [7, 11) is 0. The van der Waals surface area contributed by atoms with E-state index in [0.717, 1.165) is 25.1 Å². The molecule has 0 bridgehead atoms. The summed E-state index contributed by atoms with van der Waals surface area (Å²) in [6.07, 6.45) is 9.68. The van der Waals surface area contributed by atoms with Crippen molar-refractivity contribution in [3.63, 3.8) is 0 Å². The molecule has 84 valence electrons. The summed E-state index contributed by atoms with van der Waals surface area (Å²) in [6.45, 7) is 1.14. The Hall–Kier alpha value is -1.03. The van der Waals surface area contributed by atoms with Gasteiger partial charge in [-0.1, -0.05) is 19.3 Å². The quantitative estimate of drug-likeness (QED) is 0.708. The van der Waals surface area contributed by atoms with Gasteiger partial charge < -0.3 is 10.4 Å². The van der Waals surface area contributed by atoms with Crippen molar-refractivity contribution in [1.82, 2.24) is 10.2 Å². The molecule has 4 nitrogen and oxygen atoms in total. The number of aromatic nitrogens is 2. The summed E-state index contributed by atoms with van der Waals surface area (Å²) in [5, 5.41) is 19.5. The Kier molecular flexibility index (Phi) is 3.26. The highest BCUT2D eigenvalue weighted by molar-refractivity contribution is 5.37. The van der Waals surface area contributed by atoms with Crippen LogP contribution in [-0.4, -0.2) is 28.5 Å². The molecule has 1 aliphatic rings. The van der Waals surface area contributed by atoms with Gasteiger partial charge in [0.05, 0.1) is 18.5 Å². The van der Waals surface area contributed by atoms with E-state index in [9.17, 15) is 5.11 Å². The highest BCUT2D eigenvalue weighted by Gasteiger charge is 2.31. The molecule has 1 aromatic rings. The number of hydrogen-bond acceptors (Lipinski definition) is 3. The van der Waals surface area contributed by atoms with E-state index in [1.807, 2.05) is 6.20 Å². The molecule has 0 saturated heterocycles. The van der Waals surface area contributed by atoms with Crippen molar-refractivity contribution in [3.8, 4) is 0 Å². The molecule has 0 atom stereocenters. The normalized spacial score (nSPS) is 20.1. The molecule has 1 saturated carbocycles. The van der Waals surface area contributed by atoms with Gasteiger partial charge in [0.25, 0.3) is 0 Å². The Morgan fingerprint density at radius 2 is 2.20 bits per heavy atom. The van der Waals surface area contributed by atoms with Crippen LogP contribution >= 0.6 is 0 Å². The first kappa shape index (κ1) is 10.5. The summed E-state index contributed by atoms with van der Waals surface area (Å²) in [6, 6.07) is 0. The molecule has 15 heavy (non-hydrogen) atoms. The molecule has 0 aliphatic heterocycles. The van der Waals surface area contributed by atoms with Crippen molar-refractivity contribution in [2.24, 2.45) is 5.41 Å². The number of rotatable bonds is 4. The summed E-state index contributed by atoms with van der Waals surface area (Å²) < 4.78 is 0. The van der Waals surface area contributed by atoms with Crippen LogP contribution in [0.25, 0.3) is 0 Å². The van der Waals surface area contributed by atoms with Gasteiger partial charge in [0, 0.05) is 18.2 Å². The van der Waals surface area contributed by atoms with E-state index < -0.39 is 0 Å². The maximum absolute atomic E-state index is 9.51. The fourth-order valence-electron chi connectivity index (χ4n) is 2.33. The molecule has 0 amide bonds. The van der Waals surface area contributed by atoms with Crippen LogP contribution < -0.4 is 5.32 Å². The Morgan fingerprint density at radius 3 is 2.80 bits per heavy atom. The molecule has 1 aromatic heterocycles. The van der Waals surface area contributed by atoms with E-state index in [4.69, 9.17) is 0 Å². The summed E-state index contributed by atoms with van der Waals surface area (Å²) >= 11 is 0. The van der Waals surface area contributed by atoms with Crippen LogP contribution in [0.3, 0.4) is 0 Å². The van der Waals surface area contributed by atoms with Crippen LogP contribution in [-0.2, 0) is 0 Å². The second-order valence-electron chi connectivity index (χ2n) is 4.56. The average Bonchev–Trinajstić information content (AvgIpc) is 2.81. The van der Waals surface area contributed by atoms with E-state index in [0.29, 0.717) is 0 Å². The first-order chi connectivity index (χ1) is 7.35. The van der Waals surface area contributed by atoms with Crippen LogP contribution in [0.15, 0.2) is 12.4 Å². The molecule has 0 spiro atoms. The van der Waals surface area contributed by atoms with E-state index in [-0.39, 0.29) is 12.0 Å². The molecule has 0 unspecified atom stereocenters. The number of hydrogen-bond donors (Lipinski definition) is 3. The van der Waals surface area contributed by atoms with Crippen LogP contribution in [0.1, 0.15) is 32.1 Å². The van der Waals surface area contributed by atoms with Crippen molar-refractivity contribution in [3.05, 3.63) is 12.4 Å². The van der Waals surface area contributed by atoms with Crippen molar-refractivity contribution < 1.29 is 5.11 Å². The molecule has 2 rings (SSSR count). The molecule has 1 aliphatic carbocycles. The number of aliphatic hydroxyl groups is 1. The SMILES string of the molecule is OCC1(CNc2cn[nH]c2)CCCCC1. The van der Waals surface area contributed by atoms with Crippen molar-refractivity contribution in [2.45, 2.75) is 32.1 Å². The Morgan fingerprint density at radius 1 is 1.40 bits per heavy atom. The number of H-pyrrole nitrogens is 1. The second kappa shape index (κ2) is 4.66. The first-order valence-corrected chi connectivity index (χ1v) is 5.68. The number of nitrogens with zero attached hydrogens (tertiary/aromatic N) is 1. The van der Waals surface area contributed by atoms with Gasteiger partial charge in [-0.05, 0) is 12.8 Å². The summed E-state index contributed by atoms with van der Waals surface area (Å²) in [4.78, 5) is 0. The maximum atomic E-state index is 9.51. The lowest BCUT2D eigenvalue weighted by Crippen LogP contribution is -2.35. The lowest BCUT2D eigenvalue weighted by molar-refractivity contribution is 0.0944. The van der Waals surface area contributed by atoms with Gasteiger partial charge >= 0.3 is 0 Å². The zero-order valence-corrected chi connectivity index (χ0v) is 9.00. The minimum absolute atomic E-state index is 0.0928. The van der Waals surface area contributed by atoms with Crippen LogP contribution in [0.2, 0.25) is 0 Å². The van der Waals surface area contributed by atoms with Gasteiger partial charge in [-0.15, -0.1) is 0 Å². The smallest absolute Gasteiger partial charge is 0.0723 e. The molecule has 1 fully saturated rings. The lowest BCUT2D eigenvalue weighted by Gasteiger charge is -2.35. The minimum atomic E-state index is 0.0928. The fourth-order valence-corrected chi connectivity index (χ4v) is 2.33. The molecular formula is C11H19N3O. The van der Waals surface area contributed by atoms with Crippen molar-refractivity contribution in [1.29, 1.82) is 0 Å². The highest BCUT2D eigenvalue weighted by atomic mass is 16.3. The van der Waals surface area contributed by atoms with E-state index >= 15 is 0 Å². The minimum Gasteiger partial charge on any atom is -0.396 e. The number of nitrogens with one attached hydrogen (secondary N) is 2. The van der Waals surface area contributed by atoms with Gasteiger partial charge in [0.15, 0.2) is 0 Å². The number of anilines is 1. The Balaban J connectivity index is 1.89. The zero-order valence-electron chi connectivity index (χ0n) is 9.00. The van der Waals surface area contributed by atoms with Gasteiger partial charge in [-0.2, -0.15) is 5.10 Å². The molecule has 0 radical (unpaired) electrons. The fraction of sp³-hybridized carbons (Fsp3) is 0.727. The van der Waals surface area contributed by atoms with E-state index in [2.05, 4.69) is 15.5 Å². The van der Waals surface area contributed by atoms with Crippen molar-refractivity contribution >= 4 is 5.69 Å². The highest BCUT2D eigenvalue weighted by Crippen LogP contribution is 2.35. The molecule has 3 N–H and O–H groups in total. The monoisotopic (exact) mass is 209 g/mol. The standard InChI is InChI=1S/C11H19N3O/c15-9-11(4-2-1-3-5-11)8-12-10-6-13-14-7-10/h6-7,12,15H,1-5,8-9H2,(H,13,14). The number of aromatic amines is 1. The first-order valence-electron chi connectivity index (χ1n) is 5.68. The van der Waals surface area contributed by atoms with E-state index in [1.165, 1.54) is 19.3 Å². The molecule has 4 heteroatoms. The summed E-state index contributed by atoms with van der Waals surface area (Å²) in [5.74, 6) is 0. The predicted molar refractivity (Wildman–Crippen MR) is 59.7 cm³/mol. The molecule has 0 aromatic carbocycles. The topological polar surface area (TPSA) is 60.9 Å². The third-order valence-electron chi connectivity index (χ3n) is 3.42. The second-order valence-corrected chi connectivity index (χ2v) is 4.56. The van der Waals surface area contributed by atoms with Crippen LogP contribution in [0, 0.1) is 5.41 Å². The zero-order chi connectivity index (χ0) is 10.6. The van der Waals surface area contributed by atoms with Gasteiger partial charge in [0.1, 0.15) is 0 Å². The lowest BCUT2D eigenvalue weighted by atomic mass is 9.74. The molecule has 1 heterocycles. The predicted octanol–water partition coefficient (Wildman–Crippen LogP) is 1.76. The Labute approximate surface area is 90.1 Å². The number of aliphatic hydroxyl groups excluding tert-OH is 1. The Bertz CT molecular complexity index is 278.